The van der Waals surface area contributed by atoms with Crippen LogP contribution in [0.3, 0.4) is 0 Å². The third-order valence-corrected chi connectivity index (χ3v) is 3.35. The van der Waals surface area contributed by atoms with Gasteiger partial charge < -0.3 is 4.57 Å². The quantitative estimate of drug-likeness (QED) is 0.694. The summed E-state index contributed by atoms with van der Waals surface area (Å²) in [6.45, 7) is 0.943. The first kappa shape index (κ1) is 13.1. The number of benzene rings is 1. The molecule has 0 aliphatic rings. The highest BCUT2D eigenvalue weighted by Gasteiger charge is 2.16. The summed E-state index contributed by atoms with van der Waals surface area (Å²) in [7, 11) is 0. The van der Waals surface area contributed by atoms with Crippen LogP contribution in [0.4, 0.5) is 8.78 Å². The Morgan fingerprint density at radius 1 is 1.20 bits per heavy atom. The summed E-state index contributed by atoms with van der Waals surface area (Å²) in [5.41, 5.74) is 0.549. The zero-order chi connectivity index (χ0) is 14.1. The summed E-state index contributed by atoms with van der Waals surface area (Å²) in [5.74, 6) is -1.14. The number of halogens is 3. The lowest BCUT2D eigenvalue weighted by Gasteiger charge is -2.08. The summed E-state index contributed by atoms with van der Waals surface area (Å²) >= 11 is 5.83. The summed E-state index contributed by atoms with van der Waals surface area (Å²) in [4.78, 5) is 4.23. The second kappa shape index (κ2) is 5.20. The zero-order valence-electron chi connectivity index (χ0n) is 10.4. The maximum atomic E-state index is 14.0. The fourth-order valence-electron chi connectivity index (χ4n) is 2.18. The van der Waals surface area contributed by atoms with Crippen molar-refractivity contribution in [2.24, 2.45) is 0 Å². The van der Waals surface area contributed by atoms with Crippen molar-refractivity contribution in [3.63, 3.8) is 0 Å². The molecule has 104 valence electrons. The number of rotatable bonds is 4. The van der Waals surface area contributed by atoms with Crippen molar-refractivity contribution in [2.45, 2.75) is 19.0 Å². The van der Waals surface area contributed by atoms with E-state index in [0.29, 0.717) is 24.4 Å². The van der Waals surface area contributed by atoms with Crippen LogP contribution < -0.4 is 0 Å². The molecule has 0 radical (unpaired) electrons. The van der Waals surface area contributed by atoms with Crippen LogP contribution in [0, 0.1) is 11.6 Å². The van der Waals surface area contributed by atoms with Gasteiger partial charge in [-0.05, 0) is 18.2 Å². The van der Waals surface area contributed by atoms with Gasteiger partial charge in [-0.25, -0.2) is 13.8 Å². The van der Waals surface area contributed by atoms with E-state index >= 15 is 0 Å². The summed E-state index contributed by atoms with van der Waals surface area (Å²) in [6.07, 6.45) is 3.46. The van der Waals surface area contributed by atoms with Crippen molar-refractivity contribution in [2.75, 3.05) is 0 Å². The molecular formula is C13H11ClF2N4. The van der Waals surface area contributed by atoms with Crippen LogP contribution in [0.25, 0.3) is 11.0 Å². The molecule has 0 N–H and O–H groups in total. The Bertz CT molecular complexity index is 736. The van der Waals surface area contributed by atoms with Crippen molar-refractivity contribution in [3.8, 4) is 0 Å². The van der Waals surface area contributed by atoms with Crippen LogP contribution in [0.15, 0.2) is 30.6 Å². The van der Waals surface area contributed by atoms with E-state index in [1.54, 1.807) is 27.7 Å². The first-order valence-electron chi connectivity index (χ1n) is 6.07. The second-order valence-corrected chi connectivity index (χ2v) is 4.58. The van der Waals surface area contributed by atoms with Crippen LogP contribution in [0.2, 0.25) is 0 Å². The Morgan fingerprint density at radius 2 is 2.05 bits per heavy atom. The van der Waals surface area contributed by atoms with Crippen LogP contribution >= 0.6 is 11.6 Å². The lowest BCUT2D eigenvalue weighted by Crippen LogP contribution is -2.10. The minimum atomic E-state index is -0.896. The molecule has 20 heavy (non-hydrogen) atoms. The van der Waals surface area contributed by atoms with Gasteiger partial charge in [0.2, 0.25) is 0 Å². The number of imidazole rings is 1. The molecule has 0 fully saturated rings. The van der Waals surface area contributed by atoms with Crippen LogP contribution in [-0.2, 0) is 19.0 Å². The van der Waals surface area contributed by atoms with Gasteiger partial charge in [0.1, 0.15) is 11.3 Å². The average Bonchev–Trinajstić information content (AvgIpc) is 3.07. The Balaban J connectivity index is 2.05. The Hall–Kier alpha value is -1.95. The summed E-state index contributed by atoms with van der Waals surface area (Å²) in [5, 5.41) is 4.07. The van der Waals surface area contributed by atoms with Crippen LogP contribution in [0.5, 0.6) is 0 Å². The van der Waals surface area contributed by atoms with E-state index in [0.717, 1.165) is 6.07 Å². The normalized spacial score (nSPS) is 11.3. The number of aryl methyl sites for hydroxylation is 2. The highest BCUT2D eigenvalue weighted by molar-refractivity contribution is 6.16. The fourth-order valence-corrected chi connectivity index (χ4v) is 2.39. The van der Waals surface area contributed by atoms with Gasteiger partial charge in [-0.2, -0.15) is 5.10 Å². The highest BCUT2D eigenvalue weighted by atomic mass is 35.5. The molecule has 3 aromatic rings. The van der Waals surface area contributed by atoms with Crippen molar-refractivity contribution in [3.05, 3.63) is 48.1 Å². The van der Waals surface area contributed by atoms with Gasteiger partial charge in [0.25, 0.3) is 0 Å². The van der Waals surface area contributed by atoms with Gasteiger partial charge in [-0.3, -0.25) is 4.68 Å². The fraction of sp³-hybridized carbons (Fsp3) is 0.231. The standard InChI is InChI=1S/C13H11ClF2N4/c14-8-11-18-10-3-2-9(15)12(16)13(10)20(11)7-6-19-5-1-4-17-19/h1-5H,6-8H2. The SMILES string of the molecule is Fc1ccc2nc(CCl)n(CCn3cccn3)c2c1F. The zero-order valence-corrected chi connectivity index (χ0v) is 11.2. The number of nitrogens with zero attached hydrogens (tertiary/aromatic N) is 4. The molecule has 0 aliphatic carbocycles. The average molecular weight is 297 g/mol. The molecule has 4 nitrogen and oxygen atoms in total. The Labute approximate surface area is 118 Å². The van der Waals surface area contributed by atoms with E-state index in [9.17, 15) is 8.78 Å². The molecule has 2 aromatic heterocycles. The molecule has 0 saturated carbocycles. The monoisotopic (exact) mass is 296 g/mol. The lowest BCUT2D eigenvalue weighted by molar-refractivity contribution is 0.499. The molecule has 1 aromatic carbocycles. The highest BCUT2D eigenvalue weighted by Crippen LogP contribution is 2.22. The topological polar surface area (TPSA) is 35.6 Å². The van der Waals surface area contributed by atoms with Gasteiger partial charge in [0, 0.05) is 18.9 Å². The predicted molar refractivity (Wildman–Crippen MR) is 71.4 cm³/mol. The van der Waals surface area contributed by atoms with Gasteiger partial charge >= 0.3 is 0 Å². The first-order chi connectivity index (χ1) is 9.70. The number of hydrogen-bond donors (Lipinski definition) is 0. The molecule has 3 rings (SSSR count). The van der Waals surface area contributed by atoms with Crippen molar-refractivity contribution >= 4 is 22.6 Å². The van der Waals surface area contributed by atoms with Gasteiger partial charge in [-0.15, -0.1) is 11.6 Å². The van der Waals surface area contributed by atoms with Gasteiger partial charge in [-0.1, -0.05) is 0 Å². The summed E-state index contributed by atoms with van der Waals surface area (Å²) < 4.78 is 30.7. The number of fused-ring (bicyclic) bond motifs is 1. The van der Waals surface area contributed by atoms with Gasteiger partial charge in [0.15, 0.2) is 11.6 Å². The molecule has 0 atom stereocenters. The third-order valence-electron chi connectivity index (χ3n) is 3.11. The van der Waals surface area contributed by atoms with Crippen molar-refractivity contribution < 1.29 is 8.78 Å². The van der Waals surface area contributed by atoms with Gasteiger partial charge in [0.05, 0.1) is 17.9 Å². The summed E-state index contributed by atoms with van der Waals surface area (Å²) in [6, 6.07) is 4.32. The maximum absolute atomic E-state index is 14.0. The Kier molecular flexibility index (Phi) is 3.40. The minimum Gasteiger partial charge on any atom is -0.323 e. The molecule has 2 heterocycles. The largest absolute Gasteiger partial charge is 0.323 e. The minimum absolute atomic E-state index is 0.134. The molecule has 0 spiro atoms. The third kappa shape index (κ3) is 2.16. The molecule has 0 amide bonds. The van der Waals surface area contributed by atoms with E-state index < -0.39 is 11.6 Å². The molecule has 7 heteroatoms. The molecular weight excluding hydrogens is 286 g/mol. The van der Waals surface area contributed by atoms with Crippen LogP contribution in [-0.4, -0.2) is 19.3 Å². The molecule has 0 aliphatic heterocycles. The van der Waals surface area contributed by atoms with Crippen molar-refractivity contribution in [1.29, 1.82) is 0 Å². The number of hydrogen-bond acceptors (Lipinski definition) is 2. The van der Waals surface area contributed by atoms with Crippen molar-refractivity contribution in [1.82, 2.24) is 19.3 Å². The first-order valence-corrected chi connectivity index (χ1v) is 6.60. The number of aromatic nitrogens is 4. The molecule has 0 saturated heterocycles. The molecule has 0 unspecified atom stereocenters. The second-order valence-electron chi connectivity index (χ2n) is 4.31. The van der Waals surface area contributed by atoms with E-state index in [2.05, 4.69) is 10.1 Å². The van der Waals surface area contributed by atoms with E-state index in [1.165, 1.54) is 6.07 Å². The number of alkyl halides is 1. The predicted octanol–water partition coefficient (Wildman–Crippen LogP) is 2.95. The Morgan fingerprint density at radius 3 is 2.75 bits per heavy atom. The van der Waals surface area contributed by atoms with E-state index in [-0.39, 0.29) is 11.4 Å². The van der Waals surface area contributed by atoms with E-state index in [4.69, 9.17) is 11.6 Å². The molecule has 0 bridgehead atoms. The lowest BCUT2D eigenvalue weighted by atomic mass is 10.3. The smallest absolute Gasteiger partial charge is 0.184 e. The van der Waals surface area contributed by atoms with E-state index in [1.807, 2.05) is 0 Å². The maximum Gasteiger partial charge on any atom is 0.184 e. The van der Waals surface area contributed by atoms with Crippen LogP contribution in [0.1, 0.15) is 5.82 Å².